The van der Waals surface area contributed by atoms with Gasteiger partial charge in [0.15, 0.2) is 0 Å². The van der Waals surface area contributed by atoms with Crippen LogP contribution in [0.3, 0.4) is 0 Å². The van der Waals surface area contributed by atoms with Crippen molar-refractivity contribution in [2.24, 2.45) is 0 Å². The Labute approximate surface area is 156 Å². The first-order chi connectivity index (χ1) is 13.1. The largest absolute Gasteiger partial charge is 0.421 e. The molecule has 0 aliphatic carbocycles. The van der Waals surface area contributed by atoms with Crippen LogP contribution in [0, 0.1) is 13.8 Å². The molecule has 136 valence electrons. The molecule has 6 heteroatoms. The molecule has 0 aliphatic heterocycles. The van der Waals surface area contributed by atoms with Crippen molar-refractivity contribution < 1.29 is 9.21 Å². The summed E-state index contributed by atoms with van der Waals surface area (Å²) in [5, 5.41) is 12.0. The van der Waals surface area contributed by atoms with Crippen LogP contribution in [0.15, 0.2) is 59.1 Å². The second kappa shape index (κ2) is 7.07. The van der Waals surface area contributed by atoms with Crippen LogP contribution >= 0.6 is 0 Å². The van der Waals surface area contributed by atoms with E-state index in [1.807, 2.05) is 66.2 Å². The molecular formula is C21H20N4O2. The SMILES string of the molecule is Cc1ccc(CNC(=O)Cn2ccc3ccc(-c4nnc(C)o4)cc32)cc1. The van der Waals surface area contributed by atoms with Crippen LogP contribution in [0.5, 0.6) is 0 Å². The summed E-state index contributed by atoms with van der Waals surface area (Å²) in [5.74, 6) is 0.967. The zero-order valence-corrected chi connectivity index (χ0v) is 15.3. The van der Waals surface area contributed by atoms with Crippen molar-refractivity contribution in [3.63, 3.8) is 0 Å². The minimum absolute atomic E-state index is 0.0351. The third-order valence-corrected chi connectivity index (χ3v) is 4.47. The monoisotopic (exact) mass is 360 g/mol. The number of benzene rings is 2. The predicted octanol–water partition coefficient (Wildman–Crippen LogP) is 3.62. The molecule has 2 aromatic carbocycles. The summed E-state index contributed by atoms with van der Waals surface area (Å²) >= 11 is 0. The molecule has 6 nitrogen and oxygen atoms in total. The second-order valence-electron chi connectivity index (χ2n) is 6.61. The molecule has 0 aliphatic rings. The topological polar surface area (TPSA) is 73.0 Å². The fraction of sp³-hybridized carbons (Fsp3) is 0.190. The number of hydrogen-bond acceptors (Lipinski definition) is 4. The summed E-state index contributed by atoms with van der Waals surface area (Å²) in [6.07, 6.45) is 1.92. The maximum absolute atomic E-state index is 12.4. The van der Waals surface area contributed by atoms with Gasteiger partial charge in [0.05, 0.1) is 0 Å². The highest BCUT2D eigenvalue weighted by molar-refractivity contribution is 5.86. The van der Waals surface area contributed by atoms with E-state index in [0.29, 0.717) is 18.3 Å². The first-order valence-corrected chi connectivity index (χ1v) is 8.80. The van der Waals surface area contributed by atoms with Crippen molar-refractivity contribution in [3.8, 4) is 11.5 Å². The average Bonchev–Trinajstić information content (AvgIpc) is 3.27. The molecule has 0 atom stereocenters. The quantitative estimate of drug-likeness (QED) is 0.590. The van der Waals surface area contributed by atoms with Gasteiger partial charge in [0.25, 0.3) is 0 Å². The summed E-state index contributed by atoms with van der Waals surface area (Å²) in [6, 6.07) is 16.0. The Morgan fingerprint density at radius 3 is 2.63 bits per heavy atom. The normalized spacial score (nSPS) is 11.0. The van der Waals surface area contributed by atoms with Crippen LogP contribution in [0.1, 0.15) is 17.0 Å². The van der Waals surface area contributed by atoms with E-state index in [1.165, 1.54) is 5.56 Å². The van der Waals surface area contributed by atoms with E-state index in [-0.39, 0.29) is 12.5 Å². The number of fused-ring (bicyclic) bond motifs is 1. The van der Waals surface area contributed by atoms with Gasteiger partial charge in [-0.2, -0.15) is 0 Å². The highest BCUT2D eigenvalue weighted by atomic mass is 16.4. The number of carbonyl (C=O) groups is 1. The Hall–Kier alpha value is -3.41. The van der Waals surface area contributed by atoms with Gasteiger partial charge in [-0.3, -0.25) is 4.79 Å². The molecule has 0 saturated heterocycles. The van der Waals surface area contributed by atoms with Crippen molar-refractivity contribution in [1.82, 2.24) is 20.1 Å². The van der Waals surface area contributed by atoms with Crippen LogP contribution in [0.25, 0.3) is 22.4 Å². The van der Waals surface area contributed by atoms with E-state index < -0.39 is 0 Å². The molecule has 0 radical (unpaired) electrons. The summed E-state index contributed by atoms with van der Waals surface area (Å²) in [5.41, 5.74) is 4.08. The first-order valence-electron chi connectivity index (χ1n) is 8.80. The van der Waals surface area contributed by atoms with Crippen molar-refractivity contribution in [3.05, 3.63) is 71.7 Å². The number of rotatable bonds is 5. The lowest BCUT2D eigenvalue weighted by Crippen LogP contribution is -2.26. The molecule has 4 aromatic rings. The van der Waals surface area contributed by atoms with E-state index in [4.69, 9.17) is 4.42 Å². The van der Waals surface area contributed by atoms with Gasteiger partial charge < -0.3 is 14.3 Å². The van der Waals surface area contributed by atoms with Gasteiger partial charge in [-0.15, -0.1) is 10.2 Å². The molecule has 2 aromatic heterocycles. The minimum Gasteiger partial charge on any atom is -0.421 e. The summed E-state index contributed by atoms with van der Waals surface area (Å²) in [7, 11) is 0. The first kappa shape index (κ1) is 17.0. The zero-order valence-electron chi connectivity index (χ0n) is 15.3. The van der Waals surface area contributed by atoms with Crippen molar-refractivity contribution in [2.45, 2.75) is 26.9 Å². The van der Waals surface area contributed by atoms with Gasteiger partial charge in [-0.1, -0.05) is 35.9 Å². The van der Waals surface area contributed by atoms with Gasteiger partial charge in [0.2, 0.25) is 17.7 Å². The Morgan fingerprint density at radius 1 is 1.07 bits per heavy atom. The molecule has 1 amide bonds. The summed E-state index contributed by atoms with van der Waals surface area (Å²) in [4.78, 5) is 12.4. The maximum Gasteiger partial charge on any atom is 0.247 e. The summed E-state index contributed by atoms with van der Waals surface area (Å²) in [6.45, 7) is 4.58. The molecule has 0 spiro atoms. The van der Waals surface area contributed by atoms with Crippen molar-refractivity contribution >= 4 is 16.8 Å². The standard InChI is InChI=1S/C21H20N4O2/c1-14-3-5-16(6-4-14)12-22-20(26)13-25-10-9-17-7-8-18(11-19(17)25)21-24-23-15(2)27-21/h3-11H,12-13H2,1-2H3,(H,22,26). The van der Waals surface area contributed by atoms with Gasteiger partial charge in [-0.05, 0) is 36.1 Å². The van der Waals surface area contributed by atoms with Crippen LogP contribution < -0.4 is 5.32 Å². The van der Waals surface area contributed by atoms with Crippen molar-refractivity contribution in [2.75, 3.05) is 0 Å². The van der Waals surface area contributed by atoms with Crippen LogP contribution in [0.2, 0.25) is 0 Å². The molecule has 4 rings (SSSR count). The molecule has 27 heavy (non-hydrogen) atoms. The maximum atomic E-state index is 12.4. The zero-order chi connectivity index (χ0) is 18.8. The Balaban J connectivity index is 1.49. The lowest BCUT2D eigenvalue weighted by Gasteiger charge is -2.08. The number of aromatic nitrogens is 3. The highest BCUT2D eigenvalue weighted by Crippen LogP contribution is 2.24. The molecule has 1 N–H and O–H groups in total. The smallest absolute Gasteiger partial charge is 0.247 e. The molecule has 2 heterocycles. The fourth-order valence-corrected chi connectivity index (χ4v) is 2.99. The minimum atomic E-state index is -0.0351. The van der Waals surface area contributed by atoms with E-state index in [1.54, 1.807) is 6.92 Å². The molecule has 0 bridgehead atoms. The molecule has 0 unspecified atom stereocenters. The number of amides is 1. The van der Waals surface area contributed by atoms with E-state index in [9.17, 15) is 4.79 Å². The van der Waals surface area contributed by atoms with Crippen molar-refractivity contribution in [1.29, 1.82) is 0 Å². The van der Waals surface area contributed by atoms with Gasteiger partial charge >= 0.3 is 0 Å². The Morgan fingerprint density at radius 2 is 1.89 bits per heavy atom. The van der Waals surface area contributed by atoms with Gasteiger partial charge in [0.1, 0.15) is 6.54 Å². The van der Waals surface area contributed by atoms with Crippen LogP contribution in [-0.2, 0) is 17.9 Å². The Kier molecular flexibility index (Phi) is 4.46. The number of carbonyl (C=O) groups excluding carboxylic acids is 1. The van der Waals surface area contributed by atoms with Gasteiger partial charge in [0, 0.05) is 30.7 Å². The third-order valence-electron chi connectivity index (χ3n) is 4.47. The Bertz CT molecular complexity index is 1090. The fourth-order valence-electron chi connectivity index (χ4n) is 2.99. The van der Waals surface area contributed by atoms with E-state index >= 15 is 0 Å². The second-order valence-corrected chi connectivity index (χ2v) is 6.61. The third kappa shape index (κ3) is 3.74. The highest BCUT2D eigenvalue weighted by Gasteiger charge is 2.11. The summed E-state index contributed by atoms with van der Waals surface area (Å²) < 4.78 is 7.42. The lowest BCUT2D eigenvalue weighted by molar-refractivity contribution is -0.121. The van der Waals surface area contributed by atoms with Gasteiger partial charge in [-0.25, -0.2) is 0 Å². The molecule has 0 fully saturated rings. The van der Waals surface area contributed by atoms with E-state index in [2.05, 4.69) is 15.5 Å². The number of nitrogens with one attached hydrogen (secondary N) is 1. The van der Waals surface area contributed by atoms with E-state index in [0.717, 1.165) is 22.0 Å². The average molecular weight is 360 g/mol. The number of hydrogen-bond donors (Lipinski definition) is 1. The van der Waals surface area contributed by atoms with Crippen LogP contribution in [-0.4, -0.2) is 20.7 Å². The predicted molar refractivity (Wildman–Crippen MR) is 103 cm³/mol. The molecular weight excluding hydrogens is 340 g/mol. The number of aryl methyl sites for hydroxylation is 2. The molecule has 0 saturated carbocycles. The number of nitrogens with zero attached hydrogens (tertiary/aromatic N) is 3. The van der Waals surface area contributed by atoms with Crippen LogP contribution in [0.4, 0.5) is 0 Å². The lowest BCUT2D eigenvalue weighted by atomic mass is 10.1.